The van der Waals surface area contributed by atoms with Crippen molar-refractivity contribution in [1.29, 1.82) is 0 Å². The number of hydrogen-bond acceptors (Lipinski definition) is 3. The average molecular weight is 401 g/mol. The zero-order valence-corrected chi connectivity index (χ0v) is 16.7. The highest BCUT2D eigenvalue weighted by molar-refractivity contribution is 5.91. The molecule has 0 saturated carbocycles. The monoisotopic (exact) mass is 401 g/mol. The first-order valence-electron chi connectivity index (χ1n) is 10.2. The lowest BCUT2D eigenvalue weighted by Crippen LogP contribution is -2.12. The maximum absolute atomic E-state index is 5.70. The van der Waals surface area contributed by atoms with Gasteiger partial charge in [0.05, 0.1) is 6.20 Å². The molecule has 0 amide bonds. The molecule has 4 heteroatoms. The molecule has 148 valence electrons. The van der Waals surface area contributed by atoms with Crippen LogP contribution in [0.1, 0.15) is 0 Å². The van der Waals surface area contributed by atoms with E-state index in [4.69, 9.17) is 9.40 Å². The summed E-state index contributed by atoms with van der Waals surface area (Å²) in [6, 6.07) is 35.5. The van der Waals surface area contributed by atoms with E-state index < -0.39 is 0 Å². The van der Waals surface area contributed by atoms with Gasteiger partial charge in [0.1, 0.15) is 12.0 Å². The van der Waals surface area contributed by atoms with Gasteiger partial charge in [-0.05, 0) is 41.1 Å². The third-order valence-electron chi connectivity index (χ3n) is 5.50. The Bertz CT molecular complexity index is 1440. The molecule has 31 heavy (non-hydrogen) atoms. The highest BCUT2D eigenvalue weighted by atomic mass is 16.3. The van der Waals surface area contributed by atoms with E-state index in [1.807, 2.05) is 22.7 Å². The Hall–Kier alpha value is -4.31. The second kappa shape index (κ2) is 7.18. The molecule has 0 N–H and O–H groups in total. The van der Waals surface area contributed by atoms with Crippen LogP contribution in [0.25, 0.3) is 27.9 Å². The lowest BCUT2D eigenvalue weighted by molar-refractivity contribution is 0.596. The summed E-state index contributed by atoms with van der Waals surface area (Å²) in [6.07, 6.45) is 3.59. The SMILES string of the molecule is c1ccc(N(c2ccccc2)c2c(-c3ccc4ccccc4c3)nc3occn23)cc1. The van der Waals surface area contributed by atoms with E-state index in [0.717, 1.165) is 28.5 Å². The standard InChI is InChI=1S/C27H19N3O/c1-3-11-23(12-4-1)30(24-13-5-2-6-14-24)26-25(28-27-29(26)17-18-31-27)22-16-15-20-9-7-8-10-21(20)19-22/h1-19H. The molecule has 4 aromatic carbocycles. The normalized spacial score (nSPS) is 11.2. The molecule has 6 aromatic rings. The fourth-order valence-electron chi connectivity index (χ4n) is 4.07. The molecule has 0 saturated heterocycles. The van der Waals surface area contributed by atoms with Crippen LogP contribution >= 0.6 is 0 Å². The molecule has 0 aliphatic heterocycles. The fourth-order valence-corrected chi connectivity index (χ4v) is 4.07. The van der Waals surface area contributed by atoms with Crippen molar-refractivity contribution in [3.63, 3.8) is 0 Å². The smallest absolute Gasteiger partial charge is 0.308 e. The summed E-state index contributed by atoms with van der Waals surface area (Å²) in [7, 11) is 0. The van der Waals surface area contributed by atoms with Crippen molar-refractivity contribution in [1.82, 2.24) is 9.38 Å². The lowest BCUT2D eigenvalue weighted by Gasteiger charge is -2.25. The third-order valence-corrected chi connectivity index (χ3v) is 5.50. The number of imidazole rings is 1. The summed E-state index contributed by atoms with van der Waals surface area (Å²) < 4.78 is 7.70. The van der Waals surface area contributed by atoms with Gasteiger partial charge in [-0.25, -0.2) is 0 Å². The second-order valence-corrected chi connectivity index (χ2v) is 7.41. The average Bonchev–Trinajstić information content (AvgIpc) is 3.43. The molecular weight excluding hydrogens is 382 g/mol. The molecule has 2 aromatic heterocycles. The first-order valence-corrected chi connectivity index (χ1v) is 10.2. The quantitative estimate of drug-likeness (QED) is 0.313. The summed E-state index contributed by atoms with van der Waals surface area (Å²) in [5.74, 6) is 1.51. The van der Waals surface area contributed by atoms with Crippen LogP contribution in [-0.2, 0) is 0 Å². The van der Waals surface area contributed by atoms with Gasteiger partial charge in [0.15, 0.2) is 5.82 Å². The minimum atomic E-state index is 0.565. The van der Waals surface area contributed by atoms with Crippen molar-refractivity contribution in [2.45, 2.75) is 0 Å². The van der Waals surface area contributed by atoms with Crippen molar-refractivity contribution in [3.8, 4) is 11.3 Å². The molecule has 0 atom stereocenters. The predicted molar refractivity (Wildman–Crippen MR) is 125 cm³/mol. The first-order chi connectivity index (χ1) is 15.4. The van der Waals surface area contributed by atoms with E-state index in [-0.39, 0.29) is 0 Å². The molecular formula is C27H19N3O. The van der Waals surface area contributed by atoms with E-state index >= 15 is 0 Å². The number of para-hydroxylation sites is 2. The Morgan fingerprint density at radius 3 is 2.03 bits per heavy atom. The molecule has 0 aliphatic rings. The van der Waals surface area contributed by atoms with Gasteiger partial charge in [0.25, 0.3) is 0 Å². The van der Waals surface area contributed by atoms with Crippen molar-refractivity contribution < 1.29 is 4.42 Å². The van der Waals surface area contributed by atoms with E-state index in [2.05, 4.69) is 95.9 Å². The Morgan fingerprint density at radius 1 is 0.677 bits per heavy atom. The number of rotatable bonds is 4. The van der Waals surface area contributed by atoms with Gasteiger partial charge >= 0.3 is 5.84 Å². The second-order valence-electron chi connectivity index (χ2n) is 7.41. The van der Waals surface area contributed by atoms with E-state index in [0.29, 0.717) is 5.84 Å². The predicted octanol–water partition coefficient (Wildman–Crippen LogP) is 7.22. The minimum Gasteiger partial charge on any atom is -0.432 e. The lowest BCUT2D eigenvalue weighted by atomic mass is 10.0. The van der Waals surface area contributed by atoms with Gasteiger partial charge in [-0.1, -0.05) is 72.8 Å². The highest BCUT2D eigenvalue weighted by Crippen LogP contribution is 2.41. The molecule has 0 spiro atoms. The van der Waals surface area contributed by atoms with Gasteiger partial charge in [-0.15, -0.1) is 0 Å². The molecule has 2 heterocycles. The van der Waals surface area contributed by atoms with Crippen molar-refractivity contribution >= 4 is 33.8 Å². The van der Waals surface area contributed by atoms with Crippen LogP contribution in [0.2, 0.25) is 0 Å². The summed E-state index contributed by atoms with van der Waals surface area (Å²) in [5.41, 5.74) is 4.03. The van der Waals surface area contributed by atoms with Crippen LogP contribution in [0.3, 0.4) is 0 Å². The fraction of sp³-hybridized carbons (Fsp3) is 0. The maximum atomic E-state index is 5.70. The van der Waals surface area contributed by atoms with Gasteiger partial charge in [-0.2, -0.15) is 4.98 Å². The third kappa shape index (κ3) is 2.97. The number of aromatic nitrogens is 2. The van der Waals surface area contributed by atoms with Crippen LogP contribution in [-0.4, -0.2) is 9.38 Å². The molecule has 0 aliphatic carbocycles. The zero-order valence-electron chi connectivity index (χ0n) is 16.7. The van der Waals surface area contributed by atoms with Gasteiger partial charge in [-0.3, -0.25) is 9.30 Å². The van der Waals surface area contributed by atoms with Gasteiger partial charge in [0, 0.05) is 16.9 Å². The summed E-state index contributed by atoms with van der Waals surface area (Å²) in [5, 5.41) is 2.39. The molecule has 0 fully saturated rings. The number of benzene rings is 4. The number of hydrogen-bond donors (Lipinski definition) is 0. The molecule has 0 radical (unpaired) electrons. The van der Waals surface area contributed by atoms with Crippen LogP contribution in [0.15, 0.2) is 120 Å². The number of fused-ring (bicyclic) bond motifs is 2. The van der Waals surface area contributed by atoms with Crippen molar-refractivity contribution in [3.05, 3.63) is 116 Å². The number of anilines is 3. The zero-order chi connectivity index (χ0) is 20.6. The molecule has 4 nitrogen and oxygen atoms in total. The summed E-state index contributed by atoms with van der Waals surface area (Å²) in [4.78, 5) is 7.10. The van der Waals surface area contributed by atoms with Crippen LogP contribution in [0, 0.1) is 0 Å². The Labute approximate surface area is 179 Å². The van der Waals surface area contributed by atoms with Crippen molar-refractivity contribution in [2.24, 2.45) is 0 Å². The van der Waals surface area contributed by atoms with Crippen LogP contribution in [0.4, 0.5) is 17.2 Å². The minimum absolute atomic E-state index is 0.565. The summed E-state index contributed by atoms with van der Waals surface area (Å²) >= 11 is 0. The van der Waals surface area contributed by atoms with E-state index in [9.17, 15) is 0 Å². The van der Waals surface area contributed by atoms with Gasteiger partial charge < -0.3 is 4.42 Å². The van der Waals surface area contributed by atoms with Crippen molar-refractivity contribution in [2.75, 3.05) is 4.90 Å². The first kappa shape index (κ1) is 17.5. The Kier molecular flexibility index (Phi) is 4.06. The Balaban J connectivity index is 1.64. The van der Waals surface area contributed by atoms with Crippen LogP contribution in [0.5, 0.6) is 0 Å². The topological polar surface area (TPSA) is 33.7 Å². The molecule has 0 unspecified atom stereocenters. The molecule has 6 rings (SSSR count). The summed E-state index contributed by atoms with van der Waals surface area (Å²) in [6.45, 7) is 0. The van der Waals surface area contributed by atoms with E-state index in [1.165, 1.54) is 10.8 Å². The number of nitrogens with zero attached hydrogens (tertiary/aromatic N) is 3. The van der Waals surface area contributed by atoms with Gasteiger partial charge in [0.2, 0.25) is 0 Å². The maximum Gasteiger partial charge on any atom is 0.308 e. The molecule has 0 bridgehead atoms. The number of oxazole rings is 1. The van der Waals surface area contributed by atoms with Crippen LogP contribution < -0.4 is 4.90 Å². The largest absolute Gasteiger partial charge is 0.432 e. The highest BCUT2D eigenvalue weighted by Gasteiger charge is 2.24. The van der Waals surface area contributed by atoms with E-state index in [1.54, 1.807) is 6.26 Å². The Morgan fingerprint density at radius 2 is 1.32 bits per heavy atom.